The third kappa shape index (κ3) is 1.65. The van der Waals surface area contributed by atoms with Crippen LogP contribution < -0.4 is 5.73 Å². The summed E-state index contributed by atoms with van der Waals surface area (Å²) in [5.74, 6) is 0. The molecule has 0 amide bonds. The molecule has 68 valence electrons. The van der Waals surface area contributed by atoms with Crippen molar-refractivity contribution in [3.05, 3.63) is 17.5 Å². The third-order valence-corrected chi connectivity index (χ3v) is 2.07. The Morgan fingerprint density at radius 2 is 2.33 bits per heavy atom. The zero-order chi connectivity index (χ0) is 9.14. The lowest BCUT2D eigenvalue weighted by atomic mass is 10.1. The third-order valence-electron chi connectivity index (χ3n) is 2.07. The number of aromatic nitrogens is 2. The highest BCUT2D eigenvalue weighted by molar-refractivity contribution is 5.19. The lowest BCUT2D eigenvalue weighted by Gasteiger charge is -2.21. The van der Waals surface area contributed by atoms with E-state index in [9.17, 15) is 0 Å². The van der Waals surface area contributed by atoms with Crippen LogP contribution in [0.2, 0.25) is 0 Å². The highest BCUT2D eigenvalue weighted by atomic mass is 15.1. The molecule has 0 aromatic carbocycles. The number of rotatable bonds is 3. The van der Waals surface area contributed by atoms with E-state index in [0.717, 1.165) is 5.69 Å². The first-order valence-corrected chi connectivity index (χ1v) is 4.03. The van der Waals surface area contributed by atoms with Crippen molar-refractivity contribution in [2.24, 2.45) is 5.73 Å². The standard InChI is InChI=1S/C8H16N4/c1-6-7(5-10-11-6)8(4-9)12(2)3/h5,8H,4,9H2,1-3H3,(H,10,11). The predicted octanol–water partition coefficient (Wildman–Crippen LogP) is 0.280. The largest absolute Gasteiger partial charge is 0.329 e. The van der Waals surface area contributed by atoms with Crippen molar-refractivity contribution in [2.75, 3.05) is 20.6 Å². The van der Waals surface area contributed by atoms with E-state index in [4.69, 9.17) is 5.73 Å². The molecule has 0 spiro atoms. The minimum atomic E-state index is 0.267. The second kappa shape index (κ2) is 3.69. The molecule has 4 nitrogen and oxygen atoms in total. The van der Waals surface area contributed by atoms with Crippen molar-refractivity contribution in [1.82, 2.24) is 15.1 Å². The zero-order valence-electron chi connectivity index (χ0n) is 7.83. The van der Waals surface area contributed by atoms with Crippen LogP contribution in [-0.2, 0) is 0 Å². The van der Waals surface area contributed by atoms with E-state index in [1.807, 2.05) is 27.2 Å². The van der Waals surface area contributed by atoms with Crippen LogP contribution in [0.4, 0.5) is 0 Å². The summed E-state index contributed by atoms with van der Waals surface area (Å²) in [5.41, 5.74) is 7.93. The lowest BCUT2D eigenvalue weighted by molar-refractivity contribution is 0.305. The van der Waals surface area contributed by atoms with Crippen LogP contribution in [0.3, 0.4) is 0 Å². The molecule has 0 radical (unpaired) electrons. The maximum Gasteiger partial charge on any atom is 0.0538 e. The Labute approximate surface area is 72.8 Å². The summed E-state index contributed by atoms with van der Waals surface area (Å²) >= 11 is 0. The van der Waals surface area contributed by atoms with Crippen LogP contribution in [0.25, 0.3) is 0 Å². The van der Waals surface area contributed by atoms with Gasteiger partial charge in [-0.2, -0.15) is 5.10 Å². The van der Waals surface area contributed by atoms with Gasteiger partial charge in [0.1, 0.15) is 0 Å². The minimum Gasteiger partial charge on any atom is -0.329 e. The Bertz CT molecular complexity index is 241. The fourth-order valence-electron chi connectivity index (χ4n) is 1.31. The Hall–Kier alpha value is -0.870. The number of nitrogens with zero attached hydrogens (tertiary/aromatic N) is 2. The molecule has 0 aliphatic heterocycles. The van der Waals surface area contributed by atoms with Crippen molar-refractivity contribution in [3.8, 4) is 0 Å². The number of nitrogens with one attached hydrogen (secondary N) is 1. The zero-order valence-corrected chi connectivity index (χ0v) is 7.83. The summed E-state index contributed by atoms with van der Waals surface area (Å²) < 4.78 is 0. The van der Waals surface area contributed by atoms with Crippen molar-refractivity contribution < 1.29 is 0 Å². The van der Waals surface area contributed by atoms with Crippen LogP contribution in [0.15, 0.2) is 6.20 Å². The molecule has 12 heavy (non-hydrogen) atoms. The Morgan fingerprint density at radius 1 is 1.67 bits per heavy atom. The van der Waals surface area contributed by atoms with E-state index >= 15 is 0 Å². The van der Waals surface area contributed by atoms with Crippen molar-refractivity contribution in [1.29, 1.82) is 0 Å². The van der Waals surface area contributed by atoms with Gasteiger partial charge in [-0.3, -0.25) is 5.10 Å². The average molecular weight is 168 g/mol. The quantitative estimate of drug-likeness (QED) is 0.681. The van der Waals surface area contributed by atoms with Crippen LogP contribution in [-0.4, -0.2) is 35.7 Å². The van der Waals surface area contributed by atoms with E-state index in [1.54, 1.807) is 0 Å². The van der Waals surface area contributed by atoms with Crippen molar-refractivity contribution >= 4 is 0 Å². The molecule has 1 heterocycles. The summed E-state index contributed by atoms with van der Waals surface area (Å²) in [4.78, 5) is 2.10. The molecule has 3 N–H and O–H groups in total. The molecule has 0 fully saturated rings. The van der Waals surface area contributed by atoms with Gasteiger partial charge in [0, 0.05) is 23.8 Å². The smallest absolute Gasteiger partial charge is 0.0538 e. The number of hydrogen-bond acceptors (Lipinski definition) is 3. The maximum absolute atomic E-state index is 5.65. The van der Waals surface area contributed by atoms with Crippen LogP contribution >= 0.6 is 0 Å². The normalized spacial score (nSPS) is 13.8. The first-order valence-electron chi connectivity index (χ1n) is 4.03. The highest BCUT2D eigenvalue weighted by Gasteiger charge is 2.15. The molecule has 0 saturated carbocycles. The van der Waals surface area contributed by atoms with Gasteiger partial charge in [0.05, 0.1) is 6.20 Å². The minimum absolute atomic E-state index is 0.267. The monoisotopic (exact) mass is 168 g/mol. The van der Waals surface area contributed by atoms with Gasteiger partial charge in [-0.15, -0.1) is 0 Å². The van der Waals surface area contributed by atoms with Crippen LogP contribution in [0, 0.1) is 6.92 Å². The predicted molar refractivity (Wildman–Crippen MR) is 48.8 cm³/mol. The Balaban J connectivity index is 2.87. The second-order valence-corrected chi connectivity index (χ2v) is 3.17. The van der Waals surface area contributed by atoms with Crippen LogP contribution in [0.5, 0.6) is 0 Å². The Morgan fingerprint density at radius 3 is 2.67 bits per heavy atom. The van der Waals surface area contributed by atoms with E-state index in [-0.39, 0.29) is 6.04 Å². The number of hydrogen-bond donors (Lipinski definition) is 2. The summed E-state index contributed by atoms with van der Waals surface area (Å²) in [6.07, 6.45) is 1.84. The molecule has 1 aromatic rings. The molecule has 0 bridgehead atoms. The second-order valence-electron chi connectivity index (χ2n) is 3.17. The van der Waals surface area contributed by atoms with Crippen molar-refractivity contribution in [3.63, 3.8) is 0 Å². The number of aryl methyl sites for hydroxylation is 1. The molecule has 1 aromatic heterocycles. The molecule has 1 atom stereocenters. The molecular formula is C8H16N4. The molecule has 0 aliphatic rings. The SMILES string of the molecule is Cc1[nH]ncc1C(CN)N(C)C. The van der Waals surface area contributed by atoms with Gasteiger partial charge >= 0.3 is 0 Å². The highest BCUT2D eigenvalue weighted by Crippen LogP contribution is 2.17. The Kier molecular flexibility index (Phi) is 2.83. The van der Waals surface area contributed by atoms with Crippen LogP contribution in [0.1, 0.15) is 17.3 Å². The topological polar surface area (TPSA) is 57.9 Å². The van der Waals surface area contributed by atoms with E-state index in [0.29, 0.717) is 6.54 Å². The fourth-order valence-corrected chi connectivity index (χ4v) is 1.31. The molecule has 0 aliphatic carbocycles. The van der Waals surface area contributed by atoms with Crippen molar-refractivity contribution in [2.45, 2.75) is 13.0 Å². The lowest BCUT2D eigenvalue weighted by Crippen LogP contribution is -2.27. The first kappa shape index (κ1) is 9.22. The number of H-pyrrole nitrogens is 1. The van der Waals surface area contributed by atoms with Gasteiger partial charge in [0.15, 0.2) is 0 Å². The van der Waals surface area contributed by atoms with Gasteiger partial charge in [-0.05, 0) is 21.0 Å². The molecule has 4 heteroatoms. The van der Waals surface area contributed by atoms with Gasteiger partial charge in [0.25, 0.3) is 0 Å². The number of nitrogens with two attached hydrogens (primary N) is 1. The van der Waals surface area contributed by atoms with Gasteiger partial charge in [-0.1, -0.05) is 0 Å². The fraction of sp³-hybridized carbons (Fsp3) is 0.625. The maximum atomic E-state index is 5.65. The summed E-state index contributed by atoms with van der Waals surface area (Å²) in [6.45, 7) is 2.63. The average Bonchev–Trinajstić information content (AvgIpc) is 2.38. The summed E-state index contributed by atoms with van der Waals surface area (Å²) in [7, 11) is 4.04. The summed E-state index contributed by atoms with van der Waals surface area (Å²) in [5, 5.41) is 6.87. The van der Waals surface area contributed by atoms with E-state index < -0.39 is 0 Å². The molecule has 0 saturated heterocycles. The summed E-state index contributed by atoms with van der Waals surface area (Å²) in [6, 6.07) is 0.267. The van der Waals surface area contributed by atoms with E-state index in [2.05, 4.69) is 15.1 Å². The van der Waals surface area contributed by atoms with Gasteiger partial charge < -0.3 is 10.6 Å². The molecule has 1 rings (SSSR count). The van der Waals surface area contributed by atoms with Gasteiger partial charge in [-0.25, -0.2) is 0 Å². The number of likely N-dealkylation sites (N-methyl/N-ethyl adjacent to an activating group) is 1. The van der Waals surface area contributed by atoms with Gasteiger partial charge in [0.2, 0.25) is 0 Å². The molecule has 1 unspecified atom stereocenters. The first-order chi connectivity index (χ1) is 5.66. The molecular weight excluding hydrogens is 152 g/mol. The number of aromatic amines is 1. The van der Waals surface area contributed by atoms with E-state index in [1.165, 1.54) is 5.56 Å².